The van der Waals surface area contributed by atoms with Crippen molar-refractivity contribution in [3.8, 4) is 17.2 Å². The maximum Gasteiger partial charge on any atom is 1.00 e. The molecule has 0 unspecified atom stereocenters. The average molecular weight is 1640 g/mol. The van der Waals surface area contributed by atoms with Crippen LogP contribution >= 0.6 is 15.9 Å². The van der Waals surface area contributed by atoms with Gasteiger partial charge in [-0.15, -0.1) is 0 Å². The van der Waals surface area contributed by atoms with Gasteiger partial charge in [-0.3, -0.25) is 24.2 Å². The van der Waals surface area contributed by atoms with Crippen LogP contribution in [-0.2, 0) is 108 Å². The number of esters is 2. The molecule has 110 heavy (non-hydrogen) atoms. The number of carboxylic acids is 1. The first-order chi connectivity index (χ1) is 52.0. The molecule has 18 nitrogen and oxygen atoms in total. The van der Waals surface area contributed by atoms with E-state index in [2.05, 4.69) is 20.7 Å². The van der Waals surface area contributed by atoms with Crippen molar-refractivity contribution in [3.05, 3.63) is 192 Å². The number of halogens is 13. The Kier molecular flexibility index (Phi) is 27.7. The van der Waals surface area contributed by atoms with Gasteiger partial charge in [0, 0.05) is 108 Å². The molecular weight excluding hydrogens is 1560 g/mol. The number of carboxylic acid groups (broad SMARTS) is 1. The second-order valence-electron chi connectivity index (χ2n) is 27.0. The number of nitrogens with zero attached hydrogens (tertiary/aromatic N) is 3. The molecular formula is C77H76BBrF12KN3O15. The zero-order chi connectivity index (χ0) is 77.5. The third kappa shape index (κ3) is 20.8. The number of aliphatic carboxylic acids is 1. The van der Waals surface area contributed by atoms with Gasteiger partial charge < -0.3 is 74.1 Å². The van der Waals surface area contributed by atoms with Gasteiger partial charge in [0.05, 0.1) is 109 Å². The number of hydrogen-bond donors (Lipinski definition) is 1. The van der Waals surface area contributed by atoms with Crippen LogP contribution in [0.3, 0.4) is 0 Å². The second-order valence-corrected chi connectivity index (χ2v) is 27.8. The van der Waals surface area contributed by atoms with Crippen LogP contribution in [0.4, 0.5) is 52.5 Å². The summed E-state index contributed by atoms with van der Waals surface area (Å²) < 4.78 is 218. The van der Waals surface area contributed by atoms with Crippen LogP contribution in [0, 0.1) is 0 Å². The maximum atomic E-state index is 13.9. The molecule has 0 spiro atoms. The standard InChI is InChI=1S/C26H26F3NO5.C25H24F3NO5.C21H16BrF3O4.C5H10BF3NO.K/c1-32-25(31)12-16-15-34-24-13-17(2-3-18(16)24)35-23-7-5-19-20(23)4-6-22(26(27,28)29)21(19)14-30-8-10-33-11-9-30;26-25(27,28)21-5-3-19-18(20(21)13-29-7-9-32-10-8-29)4-6-22(19)34-16-1-2-17-15(11-24(30)31)14-33-23(17)12-16;1-27-19(26)8-11-10-28-18-9-12(2-3-13(11)18)29-17-7-5-15-14(17)4-6-16(20(15)22)21(23,24)25;7-6(8,9)5-10-1-3-11-4-2-10;/h2-4,6,13,15,23H,5,7-12,14H2,1H3;1-3,5,12,14,22H,4,6-11,13H2,(H,30,31);2-4,6,9-10,17H,5,7-8H2,1H3;1-5H2;/q;;;-1;+1/t23-;22-;17-;;/m111../s1. The molecule has 15 rings (SSSR count). The Morgan fingerprint density at radius 1 is 0.473 bits per heavy atom. The Bertz CT molecular complexity index is 4720. The normalized spacial score (nSPS) is 18.2. The minimum Gasteiger partial charge on any atom is -0.486 e. The maximum absolute atomic E-state index is 13.9. The number of benzene rings is 6. The fraction of sp³-hybridized carbons (Fsp3) is 0.416. The van der Waals surface area contributed by atoms with Crippen molar-refractivity contribution < 1.29 is 174 Å². The van der Waals surface area contributed by atoms with Gasteiger partial charge in [0.15, 0.2) is 0 Å². The van der Waals surface area contributed by atoms with Gasteiger partial charge in [-0.2, -0.15) is 39.5 Å². The van der Waals surface area contributed by atoms with E-state index in [4.69, 9.17) is 51.5 Å². The van der Waals surface area contributed by atoms with Crippen LogP contribution in [0.2, 0.25) is 0 Å². The number of carbonyl (C=O) groups excluding carboxylic acids is 2. The molecule has 0 bridgehead atoms. The first kappa shape index (κ1) is 83.8. The van der Waals surface area contributed by atoms with Crippen molar-refractivity contribution in [2.24, 2.45) is 0 Å². The Balaban J connectivity index is 0.000000153. The molecule has 3 aliphatic heterocycles. The molecule has 3 saturated heterocycles. The average Bonchev–Trinajstić information content (AvgIpc) is 1.51. The fourth-order valence-electron chi connectivity index (χ4n) is 14.6. The second kappa shape index (κ2) is 36.3. The van der Waals surface area contributed by atoms with Crippen LogP contribution in [0.5, 0.6) is 17.2 Å². The molecule has 0 radical (unpaired) electrons. The van der Waals surface area contributed by atoms with Gasteiger partial charge >= 0.3 is 94.8 Å². The molecule has 6 heterocycles. The van der Waals surface area contributed by atoms with Crippen molar-refractivity contribution in [1.82, 2.24) is 14.7 Å². The van der Waals surface area contributed by atoms with E-state index in [1.54, 1.807) is 54.6 Å². The Morgan fingerprint density at radius 2 is 0.800 bits per heavy atom. The summed E-state index contributed by atoms with van der Waals surface area (Å²) >= 11 is 3.11. The van der Waals surface area contributed by atoms with Crippen LogP contribution < -0.4 is 65.6 Å². The number of furan rings is 3. The van der Waals surface area contributed by atoms with Gasteiger partial charge in [0.25, 0.3) is 0 Å². The Labute approximate surface area is 674 Å². The van der Waals surface area contributed by atoms with E-state index >= 15 is 0 Å². The van der Waals surface area contributed by atoms with Gasteiger partial charge in [-0.25, -0.2) is 0 Å². The van der Waals surface area contributed by atoms with Crippen LogP contribution in [-0.4, -0.2) is 144 Å². The monoisotopic (exact) mass is 1640 g/mol. The molecule has 6 aliphatic rings. The zero-order valence-electron chi connectivity index (χ0n) is 60.1. The number of hydrogen-bond acceptors (Lipinski definition) is 17. The molecule has 33 heteroatoms. The summed E-state index contributed by atoms with van der Waals surface area (Å²) in [4.78, 5) is 39.5. The van der Waals surface area contributed by atoms with Gasteiger partial charge in [-0.1, -0.05) is 18.2 Å². The van der Waals surface area contributed by atoms with E-state index in [0.717, 1.165) is 44.7 Å². The van der Waals surface area contributed by atoms with Gasteiger partial charge in [0.2, 0.25) is 0 Å². The van der Waals surface area contributed by atoms with Crippen LogP contribution in [0.15, 0.2) is 128 Å². The SMILES string of the molecule is COC(=O)Cc1coc2cc(O[C@@H]3CCc4c3ccc(C(F)(F)F)c4Br)ccc12.COC(=O)Cc1coc2cc(O[C@@H]3CCc4c3ccc(C(F)(F)F)c4CN3CCOCC3)ccc12.F[B-](F)(F)CN1CCOCC1.O=C(O)Cc1coc2cc(O[C@@H]3CCc4c3ccc(C(F)(F)F)c4CN3CCOCC3)ccc12.[K+]. The molecule has 584 valence electrons. The van der Waals surface area contributed by atoms with Crippen molar-refractivity contribution in [2.75, 3.05) is 99.6 Å². The molecule has 6 aromatic carbocycles. The molecule has 0 saturated carbocycles. The number of fused-ring (bicyclic) bond motifs is 6. The third-order valence-electron chi connectivity index (χ3n) is 19.9. The largest absolute Gasteiger partial charge is 1.00 e. The predicted molar refractivity (Wildman–Crippen MR) is 377 cm³/mol. The smallest absolute Gasteiger partial charge is 0.486 e. The minimum atomic E-state index is -4.66. The fourth-order valence-corrected chi connectivity index (χ4v) is 15.3. The first-order valence-corrected chi connectivity index (χ1v) is 36.1. The molecule has 9 aromatic rings. The molecule has 3 atom stereocenters. The predicted octanol–water partition coefficient (Wildman–Crippen LogP) is 13.7. The van der Waals surface area contributed by atoms with E-state index in [0.29, 0.717) is 190 Å². The summed E-state index contributed by atoms with van der Waals surface area (Å²) in [5.41, 5.74) is 6.90. The molecule has 3 aliphatic carbocycles. The quantitative estimate of drug-likeness (QED) is 0.0483. The van der Waals surface area contributed by atoms with Crippen molar-refractivity contribution in [1.29, 1.82) is 0 Å². The number of ether oxygens (including phenoxy) is 8. The van der Waals surface area contributed by atoms with E-state index in [-0.39, 0.29) is 118 Å². The summed E-state index contributed by atoms with van der Waals surface area (Å²) in [5.74, 6) is -0.0386. The topological polar surface area (TPSA) is 194 Å². The number of methoxy groups -OCH3 is 2. The van der Waals surface area contributed by atoms with Gasteiger partial charge in [-0.05, 0) is 160 Å². The number of carbonyl (C=O) groups is 3. The van der Waals surface area contributed by atoms with Crippen LogP contribution in [0.1, 0.15) is 115 Å². The molecule has 0 amide bonds. The van der Waals surface area contributed by atoms with E-state index < -0.39 is 54.6 Å². The third-order valence-corrected chi connectivity index (χ3v) is 20.8. The summed E-state index contributed by atoms with van der Waals surface area (Å²) in [6.07, 6.45) is -7.25. The van der Waals surface area contributed by atoms with Crippen LogP contribution in [0.25, 0.3) is 32.9 Å². The molecule has 3 fully saturated rings. The van der Waals surface area contributed by atoms with Crippen molar-refractivity contribution in [2.45, 2.75) is 108 Å². The molecule has 1 N–H and O–H groups in total. The van der Waals surface area contributed by atoms with Crippen molar-refractivity contribution in [3.63, 3.8) is 0 Å². The summed E-state index contributed by atoms with van der Waals surface area (Å²) in [6.45, 7) is 2.00. The van der Waals surface area contributed by atoms with Crippen molar-refractivity contribution >= 4 is 73.7 Å². The van der Waals surface area contributed by atoms with E-state index in [9.17, 15) is 66.8 Å². The number of morpholine rings is 3. The summed E-state index contributed by atoms with van der Waals surface area (Å²) in [7, 11) is 2.66. The number of rotatable bonds is 18. The summed E-state index contributed by atoms with van der Waals surface area (Å²) in [6, 6.07) is 23.8. The first-order valence-electron chi connectivity index (χ1n) is 35.3. The zero-order valence-corrected chi connectivity index (χ0v) is 64.8. The Morgan fingerprint density at radius 3 is 1.14 bits per heavy atom. The van der Waals surface area contributed by atoms with Gasteiger partial charge in [0.1, 0.15) is 52.3 Å². The van der Waals surface area contributed by atoms with E-state index in [1.807, 2.05) is 15.9 Å². The minimum absolute atomic E-state index is 0. The number of alkyl halides is 9. The molecule has 3 aromatic heterocycles. The van der Waals surface area contributed by atoms with E-state index in [1.165, 1.54) is 62.2 Å². The summed E-state index contributed by atoms with van der Waals surface area (Å²) in [5, 5.41) is 11.3. The Hall–Kier alpha value is -7.15.